The topological polar surface area (TPSA) is 64.0 Å². The molecule has 67 heavy (non-hydrogen) atoms. The van der Waals surface area contributed by atoms with Gasteiger partial charge in [-0.25, -0.2) is 87.8 Å². The number of primary amides is 1. The average molecular weight is 970 g/mol. The molecule has 7 rings (SSSR count). The van der Waals surface area contributed by atoms with Crippen molar-refractivity contribution < 1.29 is 102 Å². The molecule has 0 fully saturated rings. The van der Waals surface area contributed by atoms with E-state index in [0.717, 1.165) is 10.9 Å². The Labute approximate surface area is 359 Å². The number of ketones is 1. The van der Waals surface area contributed by atoms with Gasteiger partial charge in [0.2, 0.25) is 23.8 Å². The molecule has 0 bridgehead atoms. The molecule has 0 aliphatic heterocycles. The summed E-state index contributed by atoms with van der Waals surface area (Å²) in [6, 6.07) is 18.2. The number of hydrogen-bond acceptors (Lipinski definition) is 2. The van der Waals surface area contributed by atoms with Crippen LogP contribution in [-0.4, -0.2) is 17.8 Å². The second-order valence-corrected chi connectivity index (χ2v) is 13.9. The number of carbonyl (C=O) groups excluding carboxylic acids is 2. The highest BCUT2D eigenvalue weighted by Crippen LogP contribution is 2.31. The summed E-state index contributed by atoms with van der Waals surface area (Å²) in [6.45, 7) is 0.212. The quantitative estimate of drug-likeness (QED) is 0.0420. The molecule has 0 radical (unpaired) electrons. The Morgan fingerprint density at radius 3 is 1.01 bits per heavy atom. The Morgan fingerprint density at radius 2 is 0.701 bits per heavy atom. The van der Waals surface area contributed by atoms with Crippen molar-refractivity contribution >= 4 is 50.6 Å². The lowest BCUT2D eigenvalue weighted by atomic mass is 9.12. The molecule has 1 aromatic heterocycles. The fourth-order valence-electron chi connectivity index (χ4n) is 7.30. The summed E-state index contributed by atoms with van der Waals surface area (Å²) in [7, 11) is 0. The maximum absolute atomic E-state index is 15.4. The van der Waals surface area contributed by atoms with Crippen molar-refractivity contribution in [1.29, 1.82) is 0 Å². The van der Waals surface area contributed by atoms with E-state index in [1.807, 2.05) is 47.2 Å². The summed E-state index contributed by atoms with van der Waals surface area (Å²) in [6.07, 6.45) is -5.39. The largest absolute Gasteiger partial charge is 0.366 e. The minimum Gasteiger partial charge on any atom is -0.366 e. The van der Waals surface area contributed by atoms with E-state index in [1.165, 1.54) is 0 Å². The van der Waals surface area contributed by atoms with Crippen LogP contribution in [0, 0.1) is 116 Å². The van der Waals surface area contributed by atoms with Gasteiger partial charge in [-0.15, -0.1) is 21.9 Å². The van der Waals surface area contributed by atoms with Crippen LogP contribution in [0.5, 0.6) is 0 Å². The van der Waals surface area contributed by atoms with E-state index in [0.29, 0.717) is 11.1 Å². The van der Waals surface area contributed by atoms with Crippen LogP contribution in [0.1, 0.15) is 20.7 Å². The average Bonchev–Trinajstić information content (AvgIpc) is 3.31. The fourth-order valence-corrected chi connectivity index (χ4v) is 7.30. The first-order valence-electron chi connectivity index (χ1n) is 17.9. The fraction of sp³-hybridized carbons (Fsp3) is 0.0238. The minimum atomic E-state index is -7.22. The van der Waals surface area contributed by atoms with Crippen LogP contribution in [0.4, 0.5) is 87.8 Å². The zero-order valence-corrected chi connectivity index (χ0v) is 32.0. The standard InChI is InChI=1S/C24BF20.C18H14N2O2/c26-5-1(6(27)14(35)21(42)13(5)34)25(2-7(28)15(36)22(43)16(37)8(2)29,3-9(30)17(38)23(44)18(39)10(3)31)4-11(32)19(40)24(45)20(41)12(4)33;19-18(22)15-9-8-13-7-4-10-20(16(13)11-15)12-17(21)14-5-2-1-3-6-14/h;1-11H,12H2,(H-,19,22)/q-1;/p+1. The van der Waals surface area contributed by atoms with Crippen molar-refractivity contribution in [3.8, 4) is 0 Å². The second-order valence-electron chi connectivity index (χ2n) is 13.9. The van der Waals surface area contributed by atoms with Crippen LogP contribution in [0.25, 0.3) is 10.9 Å². The van der Waals surface area contributed by atoms with Crippen molar-refractivity contribution in [2.45, 2.75) is 6.54 Å². The van der Waals surface area contributed by atoms with Gasteiger partial charge in [-0.2, -0.15) is 4.57 Å². The van der Waals surface area contributed by atoms with E-state index < -0.39 is 150 Å². The van der Waals surface area contributed by atoms with E-state index in [4.69, 9.17) is 5.73 Å². The van der Waals surface area contributed by atoms with Crippen molar-refractivity contribution in [3.05, 3.63) is 194 Å². The molecule has 1 amide bonds. The van der Waals surface area contributed by atoms with Crippen LogP contribution in [0.3, 0.4) is 0 Å². The highest BCUT2D eigenvalue weighted by Gasteiger charge is 2.52. The number of nitrogens with two attached hydrogens (primary N) is 1. The maximum Gasteiger partial charge on any atom is 0.248 e. The number of rotatable bonds is 8. The molecule has 2 N–H and O–H groups in total. The van der Waals surface area contributed by atoms with Gasteiger partial charge >= 0.3 is 0 Å². The van der Waals surface area contributed by atoms with Gasteiger partial charge in [0.15, 0.2) is 76.0 Å². The Bertz CT molecular complexity index is 2840. The lowest BCUT2D eigenvalue weighted by Crippen LogP contribution is -2.81. The highest BCUT2D eigenvalue weighted by molar-refractivity contribution is 7.20. The SMILES string of the molecule is Fc1c(F)c(F)c([B-](c2c(F)c(F)c(F)c(F)c2F)(c2c(F)c(F)c(F)c(F)c2F)c2c(F)c(F)c(F)c(F)c2F)c(F)c1F.NC(=O)c1ccc2ccc[n+](CC(=O)c3ccccc3)c2c1. The Balaban J connectivity index is 0.000000279. The third kappa shape index (κ3) is 7.73. The van der Waals surface area contributed by atoms with Gasteiger partial charge in [-0.1, -0.05) is 30.3 Å². The Hall–Kier alpha value is -7.47. The number of halogens is 20. The number of nitrogens with zero attached hydrogens (tertiary/aromatic N) is 1. The predicted octanol–water partition coefficient (Wildman–Crippen LogP) is 7.96. The molecule has 1 heterocycles. The van der Waals surface area contributed by atoms with Gasteiger partial charge in [0.1, 0.15) is 52.7 Å². The maximum atomic E-state index is 15.4. The van der Waals surface area contributed by atoms with Crippen molar-refractivity contribution in [1.82, 2.24) is 0 Å². The number of carbonyl (C=O) groups is 2. The van der Waals surface area contributed by atoms with Gasteiger partial charge in [-0.05, 0) is 18.2 Å². The predicted molar refractivity (Wildman–Crippen MR) is 193 cm³/mol. The van der Waals surface area contributed by atoms with E-state index in [2.05, 4.69) is 0 Å². The zero-order valence-electron chi connectivity index (χ0n) is 32.0. The smallest absolute Gasteiger partial charge is 0.248 e. The molecule has 0 aliphatic carbocycles. The Morgan fingerprint density at radius 1 is 0.388 bits per heavy atom. The van der Waals surface area contributed by atoms with Gasteiger partial charge < -0.3 is 5.73 Å². The second kappa shape index (κ2) is 18.1. The monoisotopic (exact) mass is 970 g/mol. The molecule has 348 valence electrons. The van der Waals surface area contributed by atoms with Gasteiger partial charge in [0.25, 0.3) is 0 Å². The molecule has 0 spiro atoms. The third-order valence-corrected chi connectivity index (χ3v) is 10.3. The number of benzene rings is 6. The number of hydrogen-bond donors (Lipinski definition) is 1. The molecule has 4 nitrogen and oxygen atoms in total. The van der Waals surface area contributed by atoms with Gasteiger partial charge in [0.05, 0.1) is 0 Å². The van der Waals surface area contributed by atoms with Crippen LogP contribution >= 0.6 is 0 Å². The first-order valence-corrected chi connectivity index (χ1v) is 17.9. The van der Waals surface area contributed by atoms with E-state index in [1.54, 1.807) is 24.3 Å². The van der Waals surface area contributed by atoms with E-state index in [-0.39, 0.29) is 12.3 Å². The van der Waals surface area contributed by atoms with Crippen molar-refractivity contribution in [3.63, 3.8) is 0 Å². The molecule has 6 aromatic carbocycles. The first-order chi connectivity index (χ1) is 31.3. The minimum absolute atomic E-state index is 0.0163. The summed E-state index contributed by atoms with van der Waals surface area (Å²) in [4.78, 5) is 23.7. The zero-order chi connectivity index (χ0) is 49.9. The van der Waals surface area contributed by atoms with Gasteiger partial charge in [0, 0.05) is 28.6 Å². The number of Topliss-reactive ketones (excluding diaryl/α,β-unsaturated/α-hetero) is 1. The molecule has 7 aromatic rings. The number of aromatic nitrogens is 1. The summed E-state index contributed by atoms with van der Waals surface area (Å²) >= 11 is 0. The van der Waals surface area contributed by atoms with Crippen LogP contribution in [0.2, 0.25) is 0 Å². The van der Waals surface area contributed by atoms with Crippen molar-refractivity contribution in [2.75, 3.05) is 0 Å². The molecular weight excluding hydrogens is 955 g/mol. The molecule has 0 saturated carbocycles. The first kappa shape index (κ1) is 49.0. The van der Waals surface area contributed by atoms with Crippen molar-refractivity contribution in [2.24, 2.45) is 5.73 Å². The Kier molecular flexibility index (Phi) is 13.2. The van der Waals surface area contributed by atoms with E-state index >= 15 is 35.1 Å². The third-order valence-electron chi connectivity index (χ3n) is 10.3. The van der Waals surface area contributed by atoms with E-state index in [9.17, 15) is 62.3 Å². The van der Waals surface area contributed by atoms with Crippen LogP contribution in [-0.2, 0) is 6.54 Å². The highest BCUT2D eigenvalue weighted by atomic mass is 19.2. The lowest BCUT2D eigenvalue weighted by Gasteiger charge is -2.44. The summed E-state index contributed by atoms with van der Waals surface area (Å²) < 4.78 is 296. The molecular formula is C42H15BF20N2O2. The van der Waals surface area contributed by atoms with Crippen LogP contribution in [0.15, 0.2) is 66.9 Å². The number of amides is 1. The summed E-state index contributed by atoms with van der Waals surface area (Å²) in [5, 5.41) is 0.952. The molecule has 0 aliphatic rings. The number of pyridine rings is 1. The summed E-state index contributed by atoms with van der Waals surface area (Å²) in [5.41, 5.74) is -7.09. The normalized spacial score (nSPS) is 11.5. The molecule has 0 saturated heterocycles. The molecule has 0 atom stereocenters. The van der Waals surface area contributed by atoms with Gasteiger partial charge in [-0.3, -0.25) is 9.59 Å². The molecule has 0 unspecified atom stereocenters. The number of fused-ring (bicyclic) bond motifs is 1. The lowest BCUT2D eigenvalue weighted by molar-refractivity contribution is -0.657. The van der Waals surface area contributed by atoms with Crippen LogP contribution < -0.4 is 32.2 Å². The molecule has 25 heteroatoms. The summed E-state index contributed by atoms with van der Waals surface area (Å²) in [5.74, 6) is -71.9.